The highest BCUT2D eigenvalue weighted by Gasteiger charge is 2.13. The number of nitrogens with zero attached hydrogens (tertiary/aromatic N) is 1. The molecule has 0 radical (unpaired) electrons. The van der Waals surface area contributed by atoms with Crippen LogP contribution in [-0.4, -0.2) is 18.1 Å². The van der Waals surface area contributed by atoms with Crippen molar-refractivity contribution < 1.29 is 0 Å². The van der Waals surface area contributed by atoms with E-state index in [-0.39, 0.29) is 0 Å². The summed E-state index contributed by atoms with van der Waals surface area (Å²) in [6, 6.07) is 4.31. The fourth-order valence-electron chi connectivity index (χ4n) is 2.01. The van der Waals surface area contributed by atoms with Crippen LogP contribution in [0.2, 0.25) is 0 Å². The molecule has 2 heteroatoms. The molecule has 2 nitrogen and oxygen atoms in total. The minimum atomic E-state index is 0.791. The summed E-state index contributed by atoms with van der Waals surface area (Å²) >= 11 is 0. The summed E-state index contributed by atoms with van der Waals surface area (Å²) in [5.41, 5.74) is 2.49. The third-order valence-electron chi connectivity index (χ3n) is 2.87. The topological polar surface area (TPSA) is 24.9 Å². The summed E-state index contributed by atoms with van der Waals surface area (Å²) in [7, 11) is 0. The Bertz CT molecular complexity index is 273. The molecule has 1 fully saturated rings. The molecular weight excluding hydrogens is 172 g/mol. The lowest BCUT2D eigenvalue weighted by atomic mass is 9.94. The largest absolute Gasteiger partial charge is 0.316 e. The quantitative estimate of drug-likeness (QED) is 0.771. The van der Waals surface area contributed by atoms with Gasteiger partial charge in [-0.3, -0.25) is 4.98 Å². The van der Waals surface area contributed by atoms with Crippen LogP contribution in [0.4, 0.5) is 0 Å². The zero-order chi connectivity index (χ0) is 9.80. The van der Waals surface area contributed by atoms with Crippen LogP contribution >= 0.6 is 0 Å². The molecular formula is C12H18N2. The van der Waals surface area contributed by atoms with Crippen molar-refractivity contribution in [2.24, 2.45) is 5.92 Å². The van der Waals surface area contributed by atoms with Crippen LogP contribution in [0.3, 0.4) is 0 Å². The molecule has 0 saturated carbocycles. The second kappa shape index (κ2) is 4.56. The molecule has 1 aliphatic heterocycles. The van der Waals surface area contributed by atoms with Crippen molar-refractivity contribution in [3.8, 4) is 0 Å². The van der Waals surface area contributed by atoms with Gasteiger partial charge >= 0.3 is 0 Å². The number of pyridine rings is 1. The molecule has 0 spiro atoms. The van der Waals surface area contributed by atoms with Crippen molar-refractivity contribution >= 4 is 0 Å². The van der Waals surface area contributed by atoms with Crippen molar-refractivity contribution in [3.63, 3.8) is 0 Å². The Balaban J connectivity index is 1.92. The van der Waals surface area contributed by atoms with Gasteiger partial charge in [-0.25, -0.2) is 0 Å². The minimum absolute atomic E-state index is 0.791. The van der Waals surface area contributed by atoms with Gasteiger partial charge < -0.3 is 5.32 Å². The van der Waals surface area contributed by atoms with E-state index in [1.165, 1.54) is 30.6 Å². The Kier molecular flexibility index (Phi) is 3.14. The second-order valence-electron chi connectivity index (χ2n) is 4.24. The maximum absolute atomic E-state index is 4.44. The Labute approximate surface area is 85.7 Å². The van der Waals surface area contributed by atoms with Gasteiger partial charge in [-0.2, -0.15) is 0 Å². The number of hydrogen-bond donors (Lipinski definition) is 1. The van der Waals surface area contributed by atoms with Gasteiger partial charge in [0.2, 0.25) is 0 Å². The molecule has 0 bridgehead atoms. The van der Waals surface area contributed by atoms with E-state index in [4.69, 9.17) is 0 Å². The zero-order valence-corrected chi connectivity index (χ0v) is 8.79. The first-order valence-corrected chi connectivity index (χ1v) is 5.47. The number of rotatable bonds is 2. The van der Waals surface area contributed by atoms with E-state index in [2.05, 4.69) is 29.4 Å². The number of aromatic nitrogens is 1. The maximum atomic E-state index is 4.44. The van der Waals surface area contributed by atoms with Gasteiger partial charge in [-0.05, 0) is 56.8 Å². The highest BCUT2D eigenvalue weighted by Crippen LogP contribution is 2.15. The molecule has 2 heterocycles. The van der Waals surface area contributed by atoms with E-state index >= 15 is 0 Å². The second-order valence-corrected chi connectivity index (χ2v) is 4.24. The van der Waals surface area contributed by atoms with E-state index in [1.54, 1.807) is 0 Å². The SMILES string of the molecule is Cc1ccc(CC2CCCNC2)nc1. The van der Waals surface area contributed by atoms with E-state index in [9.17, 15) is 0 Å². The van der Waals surface area contributed by atoms with Gasteiger partial charge in [-0.15, -0.1) is 0 Å². The lowest BCUT2D eigenvalue weighted by molar-refractivity contribution is 0.373. The van der Waals surface area contributed by atoms with Gasteiger partial charge in [0.25, 0.3) is 0 Å². The molecule has 2 rings (SSSR count). The molecule has 0 amide bonds. The highest BCUT2D eigenvalue weighted by atomic mass is 14.9. The summed E-state index contributed by atoms with van der Waals surface area (Å²) in [4.78, 5) is 4.44. The maximum Gasteiger partial charge on any atom is 0.0407 e. The van der Waals surface area contributed by atoms with Crippen LogP contribution in [0, 0.1) is 12.8 Å². The van der Waals surface area contributed by atoms with Crippen molar-refractivity contribution in [2.75, 3.05) is 13.1 Å². The van der Waals surface area contributed by atoms with Crippen molar-refractivity contribution in [2.45, 2.75) is 26.2 Å². The van der Waals surface area contributed by atoms with Crippen LogP contribution in [0.15, 0.2) is 18.3 Å². The zero-order valence-electron chi connectivity index (χ0n) is 8.79. The Morgan fingerprint density at radius 1 is 1.50 bits per heavy atom. The standard InChI is InChI=1S/C12H18N2/c1-10-4-5-12(14-8-10)7-11-3-2-6-13-9-11/h4-5,8,11,13H,2-3,6-7,9H2,1H3. The molecule has 1 aromatic rings. The monoisotopic (exact) mass is 190 g/mol. The Hall–Kier alpha value is -0.890. The summed E-state index contributed by atoms with van der Waals surface area (Å²) in [6.45, 7) is 4.44. The van der Waals surface area contributed by atoms with Gasteiger partial charge in [0.15, 0.2) is 0 Å². The van der Waals surface area contributed by atoms with Crippen molar-refractivity contribution in [1.29, 1.82) is 0 Å². The third-order valence-corrected chi connectivity index (χ3v) is 2.87. The number of piperidine rings is 1. The van der Waals surface area contributed by atoms with E-state index in [0.717, 1.165) is 18.9 Å². The molecule has 76 valence electrons. The van der Waals surface area contributed by atoms with E-state index < -0.39 is 0 Å². The molecule has 14 heavy (non-hydrogen) atoms. The Morgan fingerprint density at radius 2 is 2.43 bits per heavy atom. The molecule has 1 aliphatic rings. The van der Waals surface area contributed by atoms with Gasteiger partial charge in [0.05, 0.1) is 0 Å². The van der Waals surface area contributed by atoms with E-state index in [0.29, 0.717) is 0 Å². The van der Waals surface area contributed by atoms with Crippen LogP contribution in [0.25, 0.3) is 0 Å². The predicted octanol–water partition coefficient (Wildman–Crippen LogP) is 1.93. The van der Waals surface area contributed by atoms with Crippen LogP contribution in [-0.2, 0) is 6.42 Å². The first-order valence-electron chi connectivity index (χ1n) is 5.47. The predicted molar refractivity (Wildman–Crippen MR) is 58.3 cm³/mol. The molecule has 1 saturated heterocycles. The average Bonchev–Trinajstić information content (AvgIpc) is 2.23. The van der Waals surface area contributed by atoms with Crippen molar-refractivity contribution in [3.05, 3.63) is 29.6 Å². The minimum Gasteiger partial charge on any atom is -0.316 e. The Morgan fingerprint density at radius 3 is 3.07 bits per heavy atom. The first-order chi connectivity index (χ1) is 6.84. The molecule has 1 atom stereocenters. The summed E-state index contributed by atoms with van der Waals surface area (Å²) in [5.74, 6) is 0.791. The molecule has 1 N–H and O–H groups in total. The van der Waals surface area contributed by atoms with Crippen LogP contribution in [0.5, 0.6) is 0 Å². The molecule has 1 aromatic heterocycles. The molecule has 0 aliphatic carbocycles. The molecule has 0 aromatic carbocycles. The first kappa shape index (κ1) is 9.66. The summed E-state index contributed by atoms with van der Waals surface area (Å²) in [5, 5.41) is 3.44. The van der Waals surface area contributed by atoms with Crippen LogP contribution < -0.4 is 5.32 Å². The normalized spacial score (nSPS) is 22.2. The number of aryl methyl sites for hydroxylation is 1. The van der Waals surface area contributed by atoms with Crippen LogP contribution in [0.1, 0.15) is 24.1 Å². The number of hydrogen-bond acceptors (Lipinski definition) is 2. The van der Waals surface area contributed by atoms with Gasteiger partial charge in [0.1, 0.15) is 0 Å². The smallest absolute Gasteiger partial charge is 0.0407 e. The third kappa shape index (κ3) is 2.55. The number of nitrogens with one attached hydrogen (secondary N) is 1. The van der Waals surface area contributed by atoms with Crippen molar-refractivity contribution in [1.82, 2.24) is 10.3 Å². The summed E-state index contributed by atoms with van der Waals surface area (Å²) < 4.78 is 0. The summed E-state index contributed by atoms with van der Waals surface area (Å²) in [6.07, 6.45) is 5.76. The highest BCUT2D eigenvalue weighted by molar-refractivity contribution is 5.12. The molecule has 1 unspecified atom stereocenters. The lowest BCUT2D eigenvalue weighted by Gasteiger charge is -2.22. The van der Waals surface area contributed by atoms with Gasteiger partial charge in [-0.1, -0.05) is 6.07 Å². The average molecular weight is 190 g/mol. The van der Waals surface area contributed by atoms with E-state index in [1.807, 2.05) is 6.20 Å². The van der Waals surface area contributed by atoms with Gasteiger partial charge in [0, 0.05) is 11.9 Å². The fourth-order valence-corrected chi connectivity index (χ4v) is 2.01. The lowest BCUT2D eigenvalue weighted by Crippen LogP contribution is -2.31. The fraction of sp³-hybridized carbons (Fsp3) is 0.583.